The van der Waals surface area contributed by atoms with Crippen LogP contribution in [0.3, 0.4) is 0 Å². The molecule has 1 atom stereocenters. The van der Waals surface area contributed by atoms with Gasteiger partial charge in [0.15, 0.2) is 0 Å². The number of halogens is 1. The van der Waals surface area contributed by atoms with Crippen LogP contribution < -0.4 is 16.0 Å². The summed E-state index contributed by atoms with van der Waals surface area (Å²) in [4.78, 5) is 12.5. The third-order valence-corrected chi connectivity index (χ3v) is 3.37. The largest absolute Gasteiger partial charge is 0.372 e. The van der Waals surface area contributed by atoms with Crippen LogP contribution in [0.5, 0.6) is 0 Å². The molecule has 0 unspecified atom stereocenters. The molecule has 0 radical (unpaired) electrons. The average molecular weight is 336 g/mol. The third kappa shape index (κ3) is 8.62. The van der Waals surface area contributed by atoms with Gasteiger partial charge in [0.05, 0.1) is 6.04 Å². The Kier molecular flexibility index (Phi) is 8.40. The highest BCUT2D eigenvalue weighted by Gasteiger charge is 2.23. The van der Waals surface area contributed by atoms with Crippen LogP contribution in [0.1, 0.15) is 39.2 Å². The zero-order valence-electron chi connectivity index (χ0n) is 14.8. The Hall–Kier alpha value is -1.95. The summed E-state index contributed by atoms with van der Waals surface area (Å²) in [7, 11) is 0. The van der Waals surface area contributed by atoms with E-state index in [-0.39, 0.29) is 23.3 Å². The Labute approximate surface area is 143 Å². The molecule has 134 valence electrons. The highest BCUT2D eigenvalue weighted by molar-refractivity contribution is 5.82. The van der Waals surface area contributed by atoms with Crippen LogP contribution in [-0.2, 0) is 11.3 Å². The van der Waals surface area contributed by atoms with Gasteiger partial charge in [-0.1, -0.05) is 30.3 Å². The zero-order valence-corrected chi connectivity index (χ0v) is 14.8. The van der Waals surface area contributed by atoms with Gasteiger partial charge in [0, 0.05) is 18.6 Å². The van der Waals surface area contributed by atoms with E-state index in [1.54, 1.807) is 0 Å². The second-order valence-corrected chi connectivity index (χ2v) is 6.83. The van der Waals surface area contributed by atoms with Crippen molar-refractivity contribution in [2.45, 2.75) is 51.7 Å². The van der Waals surface area contributed by atoms with Crippen LogP contribution >= 0.6 is 0 Å². The van der Waals surface area contributed by atoms with E-state index >= 15 is 0 Å². The number of rotatable bonds is 9. The van der Waals surface area contributed by atoms with E-state index in [2.05, 4.69) is 16.0 Å². The maximum atomic E-state index is 12.5. The quantitative estimate of drug-likeness (QED) is 0.318. The lowest BCUT2D eigenvalue weighted by Crippen LogP contribution is -2.51. The molecule has 0 aliphatic rings. The van der Waals surface area contributed by atoms with Gasteiger partial charge in [0.1, 0.15) is 12.5 Å². The molecule has 0 spiro atoms. The lowest BCUT2D eigenvalue weighted by Gasteiger charge is -2.28. The molecule has 24 heavy (non-hydrogen) atoms. The van der Waals surface area contributed by atoms with Crippen molar-refractivity contribution in [1.82, 2.24) is 16.0 Å². The molecule has 1 aromatic carbocycles. The van der Waals surface area contributed by atoms with E-state index in [4.69, 9.17) is 5.41 Å². The molecule has 0 saturated carbocycles. The second-order valence-electron chi connectivity index (χ2n) is 6.83. The topological polar surface area (TPSA) is 77.0 Å². The molecular formula is C18H29FN4O. The third-order valence-electron chi connectivity index (χ3n) is 3.37. The van der Waals surface area contributed by atoms with Crippen LogP contribution in [0.25, 0.3) is 0 Å². The number of amidine groups is 1. The number of carbonyl (C=O) groups is 1. The zero-order chi connectivity index (χ0) is 18.0. The summed E-state index contributed by atoms with van der Waals surface area (Å²) in [5, 5.41) is 16.2. The lowest BCUT2D eigenvalue weighted by atomic mass is 10.0. The molecule has 4 N–H and O–H groups in total. The first kappa shape index (κ1) is 20.1. The van der Waals surface area contributed by atoms with Gasteiger partial charge in [0.25, 0.3) is 0 Å². The van der Waals surface area contributed by atoms with Crippen molar-refractivity contribution < 1.29 is 9.18 Å². The molecule has 1 aromatic rings. The molecule has 0 saturated heterocycles. The number of amides is 1. The average Bonchev–Trinajstić information content (AvgIpc) is 2.55. The second kappa shape index (κ2) is 10.0. The van der Waals surface area contributed by atoms with Crippen LogP contribution in [0.2, 0.25) is 0 Å². The van der Waals surface area contributed by atoms with Gasteiger partial charge in [-0.2, -0.15) is 0 Å². The number of alkyl halides is 1. The van der Waals surface area contributed by atoms with E-state index in [0.717, 1.165) is 5.56 Å². The summed E-state index contributed by atoms with van der Waals surface area (Å²) < 4.78 is 12.2. The van der Waals surface area contributed by atoms with Crippen molar-refractivity contribution >= 4 is 11.7 Å². The summed E-state index contributed by atoms with van der Waals surface area (Å²) in [5.74, 6) is -0.168. The molecule has 0 bridgehead atoms. The van der Waals surface area contributed by atoms with E-state index in [1.165, 1.54) is 0 Å². The SMILES string of the molecule is CC(C)(C)N[C@@H](CCCNC(=N)CF)C(=O)NCc1ccccc1. The fourth-order valence-corrected chi connectivity index (χ4v) is 2.29. The van der Waals surface area contributed by atoms with Crippen molar-refractivity contribution in [3.05, 3.63) is 35.9 Å². The van der Waals surface area contributed by atoms with Gasteiger partial charge in [-0.25, -0.2) is 4.39 Å². The predicted octanol–water partition coefficient (Wildman–Crippen LogP) is 2.38. The molecule has 6 heteroatoms. The Morgan fingerprint density at radius 3 is 2.46 bits per heavy atom. The van der Waals surface area contributed by atoms with E-state index in [1.807, 2.05) is 51.1 Å². The summed E-state index contributed by atoms with van der Waals surface area (Å²) in [5.41, 5.74) is 0.867. The fraction of sp³-hybridized carbons (Fsp3) is 0.556. The lowest BCUT2D eigenvalue weighted by molar-refractivity contribution is -0.124. The first-order valence-electron chi connectivity index (χ1n) is 8.28. The van der Waals surface area contributed by atoms with Gasteiger partial charge >= 0.3 is 0 Å². The maximum Gasteiger partial charge on any atom is 0.237 e. The molecule has 0 aliphatic carbocycles. The number of nitrogens with one attached hydrogen (secondary N) is 4. The van der Waals surface area contributed by atoms with Gasteiger partial charge in [-0.15, -0.1) is 0 Å². The normalized spacial score (nSPS) is 12.5. The van der Waals surface area contributed by atoms with Gasteiger partial charge in [-0.3, -0.25) is 10.2 Å². The molecular weight excluding hydrogens is 307 g/mol. The predicted molar refractivity (Wildman–Crippen MR) is 95.9 cm³/mol. The van der Waals surface area contributed by atoms with Gasteiger partial charge < -0.3 is 16.0 Å². The van der Waals surface area contributed by atoms with Crippen molar-refractivity contribution in [1.29, 1.82) is 5.41 Å². The van der Waals surface area contributed by atoms with Crippen molar-refractivity contribution in [2.75, 3.05) is 13.2 Å². The van der Waals surface area contributed by atoms with Crippen LogP contribution in [-0.4, -0.2) is 36.5 Å². The Balaban J connectivity index is 2.50. The number of benzene rings is 1. The van der Waals surface area contributed by atoms with Crippen LogP contribution in [0, 0.1) is 5.41 Å². The summed E-state index contributed by atoms with van der Waals surface area (Å²) in [6.45, 7) is 6.23. The molecule has 5 nitrogen and oxygen atoms in total. The van der Waals surface area contributed by atoms with Crippen LogP contribution in [0.15, 0.2) is 30.3 Å². The highest BCUT2D eigenvalue weighted by atomic mass is 19.1. The minimum absolute atomic E-state index is 0.0469. The first-order valence-corrected chi connectivity index (χ1v) is 8.28. The van der Waals surface area contributed by atoms with Crippen molar-refractivity contribution in [3.63, 3.8) is 0 Å². The smallest absolute Gasteiger partial charge is 0.237 e. The van der Waals surface area contributed by atoms with Gasteiger partial charge in [-0.05, 0) is 39.2 Å². The summed E-state index contributed by atoms with van der Waals surface area (Å²) >= 11 is 0. The Morgan fingerprint density at radius 1 is 1.21 bits per heavy atom. The number of hydrogen-bond donors (Lipinski definition) is 4. The Morgan fingerprint density at radius 2 is 1.88 bits per heavy atom. The highest BCUT2D eigenvalue weighted by Crippen LogP contribution is 2.07. The van der Waals surface area contributed by atoms with Crippen LogP contribution in [0.4, 0.5) is 4.39 Å². The molecule has 0 heterocycles. The number of carbonyl (C=O) groups excluding carboxylic acids is 1. The van der Waals surface area contributed by atoms with Crippen molar-refractivity contribution in [3.8, 4) is 0 Å². The Bertz CT molecular complexity index is 514. The summed E-state index contributed by atoms with van der Waals surface area (Å²) in [6.07, 6.45) is 1.29. The molecule has 1 rings (SSSR count). The van der Waals surface area contributed by atoms with Gasteiger partial charge in [0.2, 0.25) is 5.91 Å². The van der Waals surface area contributed by atoms with E-state index in [9.17, 15) is 9.18 Å². The van der Waals surface area contributed by atoms with E-state index in [0.29, 0.717) is 25.9 Å². The number of hydrogen-bond acceptors (Lipinski definition) is 3. The summed E-state index contributed by atoms with van der Waals surface area (Å²) in [6, 6.07) is 9.44. The fourth-order valence-electron chi connectivity index (χ4n) is 2.29. The van der Waals surface area contributed by atoms with Crippen molar-refractivity contribution in [2.24, 2.45) is 0 Å². The monoisotopic (exact) mass is 336 g/mol. The maximum absolute atomic E-state index is 12.5. The molecule has 1 amide bonds. The minimum Gasteiger partial charge on any atom is -0.372 e. The molecule has 0 aliphatic heterocycles. The first-order chi connectivity index (χ1) is 11.3. The standard InChI is InChI=1S/C18H29FN4O/c1-18(2,3)23-15(10-7-11-21-16(20)12-19)17(24)22-13-14-8-5-4-6-9-14/h4-6,8-9,15,23H,7,10-13H2,1-3H3,(H2,20,21)(H,22,24)/t15-/m0/s1. The molecule has 0 aromatic heterocycles. The van der Waals surface area contributed by atoms with E-state index < -0.39 is 6.67 Å². The minimum atomic E-state index is -0.790. The molecule has 0 fully saturated rings.